The fourth-order valence-electron chi connectivity index (χ4n) is 3.36. The van der Waals surface area contributed by atoms with Gasteiger partial charge in [0, 0.05) is 44.8 Å². The molecule has 2 atom stereocenters. The first-order valence-corrected chi connectivity index (χ1v) is 9.29. The lowest BCUT2D eigenvalue weighted by atomic mass is 10.0. The summed E-state index contributed by atoms with van der Waals surface area (Å²) in [6.07, 6.45) is 3.94. The van der Waals surface area contributed by atoms with E-state index in [1.54, 1.807) is 7.11 Å². The third kappa shape index (κ3) is 4.06. The summed E-state index contributed by atoms with van der Waals surface area (Å²) in [5.74, 6) is 0. The Kier molecular flexibility index (Phi) is 6.24. The Balaban J connectivity index is 1.95. The van der Waals surface area contributed by atoms with Gasteiger partial charge in [0.1, 0.15) is 0 Å². The minimum atomic E-state index is 0.0297. The third-order valence-corrected chi connectivity index (χ3v) is 5.04. The van der Waals surface area contributed by atoms with Crippen molar-refractivity contribution < 1.29 is 4.74 Å². The Morgan fingerprint density at radius 2 is 2.08 bits per heavy atom. The van der Waals surface area contributed by atoms with Gasteiger partial charge in [0.2, 0.25) is 0 Å². The van der Waals surface area contributed by atoms with Crippen molar-refractivity contribution in [1.29, 1.82) is 0 Å². The number of pyridine rings is 1. The average molecular weight is 374 g/mol. The molecule has 7 heteroatoms. The zero-order chi connectivity index (χ0) is 18.5. The molecule has 1 fully saturated rings. The standard InChI is InChI=1S/C19H27N5OS/c1-22(2)11-12-24-18(16-8-6-10-23(16)13-14-25-3)17(21-19(24)26)15-7-4-5-9-20-15/h4-10,17-18H,11-14H2,1-3H3,(H,21,26)/t17-,18-/m1/s1. The summed E-state index contributed by atoms with van der Waals surface area (Å²) in [5.41, 5.74) is 2.23. The van der Waals surface area contributed by atoms with Crippen LogP contribution in [0.3, 0.4) is 0 Å². The number of likely N-dealkylation sites (N-methyl/N-ethyl adjacent to an activating group) is 1. The van der Waals surface area contributed by atoms with Crippen LogP contribution in [0.4, 0.5) is 0 Å². The second kappa shape index (κ2) is 8.62. The number of nitrogens with one attached hydrogen (secondary N) is 1. The van der Waals surface area contributed by atoms with Crippen LogP contribution in [-0.4, -0.2) is 65.4 Å². The molecule has 3 rings (SSSR count). The van der Waals surface area contributed by atoms with Crippen molar-refractivity contribution in [1.82, 2.24) is 24.7 Å². The predicted molar refractivity (Wildman–Crippen MR) is 107 cm³/mol. The lowest BCUT2D eigenvalue weighted by Crippen LogP contribution is -2.36. The van der Waals surface area contributed by atoms with E-state index in [0.717, 1.165) is 30.4 Å². The molecule has 1 aliphatic heterocycles. The van der Waals surface area contributed by atoms with Crippen molar-refractivity contribution in [3.8, 4) is 0 Å². The minimum absolute atomic E-state index is 0.0297. The van der Waals surface area contributed by atoms with Gasteiger partial charge in [-0.25, -0.2) is 0 Å². The van der Waals surface area contributed by atoms with E-state index in [2.05, 4.69) is 63.2 Å². The Morgan fingerprint density at radius 1 is 1.23 bits per heavy atom. The lowest BCUT2D eigenvalue weighted by Gasteiger charge is -2.29. The Labute approximate surface area is 160 Å². The SMILES string of the molecule is COCCn1cccc1[C@@H]1[C@@H](c2ccccn2)NC(=S)N1CCN(C)C. The maximum absolute atomic E-state index is 5.69. The molecule has 1 saturated heterocycles. The third-order valence-electron chi connectivity index (χ3n) is 4.69. The number of thiocarbonyl (C=S) groups is 1. The quantitative estimate of drug-likeness (QED) is 0.715. The molecule has 0 spiro atoms. The summed E-state index contributed by atoms with van der Waals surface area (Å²) in [5, 5.41) is 4.28. The topological polar surface area (TPSA) is 45.6 Å². The summed E-state index contributed by atoms with van der Waals surface area (Å²) >= 11 is 5.69. The summed E-state index contributed by atoms with van der Waals surface area (Å²) in [6.45, 7) is 3.30. The van der Waals surface area contributed by atoms with E-state index < -0.39 is 0 Å². The highest BCUT2D eigenvalue weighted by atomic mass is 32.1. The largest absolute Gasteiger partial charge is 0.383 e. The van der Waals surface area contributed by atoms with Crippen LogP contribution in [0, 0.1) is 0 Å². The number of ether oxygens (including phenoxy) is 1. The summed E-state index contributed by atoms with van der Waals surface area (Å²) in [4.78, 5) is 9.05. The van der Waals surface area contributed by atoms with Gasteiger partial charge in [0.25, 0.3) is 0 Å². The van der Waals surface area contributed by atoms with Gasteiger partial charge in [-0.1, -0.05) is 6.07 Å². The maximum Gasteiger partial charge on any atom is 0.170 e. The number of aromatic nitrogens is 2. The monoisotopic (exact) mass is 373 g/mol. The molecule has 0 unspecified atom stereocenters. The summed E-state index contributed by atoms with van der Waals surface area (Å²) < 4.78 is 7.53. The fourth-order valence-corrected chi connectivity index (χ4v) is 3.70. The Hall–Kier alpha value is -1.96. The smallest absolute Gasteiger partial charge is 0.170 e. The highest BCUT2D eigenvalue weighted by Crippen LogP contribution is 2.38. The van der Waals surface area contributed by atoms with Gasteiger partial charge in [-0.2, -0.15) is 0 Å². The first-order chi connectivity index (χ1) is 12.6. The normalized spacial score (nSPS) is 20.0. The molecular formula is C19H27N5OS. The van der Waals surface area contributed by atoms with E-state index >= 15 is 0 Å². The molecule has 1 aliphatic rings. The number of hydrogen-bond acceptors (Lipinski definition) is 4. The predicted octanol–water partition coefficient (Wildman–Crippen LogP) is 2.06. The number of methoxy groups -OCH3 is 1. The van der Waals surface area contributed by atoms with Crippen LogP contribution in [0.2, 0.25) is 0 Å². The van der Waals surface area contributed by atoms with Crippen LogP contribution in [0.25, 0.3) is 0 Å². The molecule has 0 radical (unpaired) electrons. The van der Waals surface area contributed by atoms with E-state index in [9.17, 15) is 0 Å². The minimum Gasteiger partial charge on any atom is -0.383 e. The summed E-state index contributed by atoms with van der Waals surface area (Å²) in [7, 11) is 5.90. The van der Waals surface area contributed by atoms with Crippen molar-refractivity contribution in [2.75, 3.05) is 40.9 Å². The van der Waals surface area contributed by atoms with Gasteiger partial charge in [-0.3, -0.25) is 4.98 Å². The Morgan fingerprint density at radius 3 is 2.77 bits per heavy atom. The van der Waals surface area contributed by atoms with Crippen LogP contribution in [0.5, 0.6) is 0 Å². The molecule has 3 heterocycles. The lowest BCUT2D eigenvalue weighted by molar-refractivity contribution is 0.183. The Bertz CT molecular complexity index is 718. The van der Waals surface area contributed by atoms with Gasteiger partial charge < -0.3 is 24.4 Å². The molecule has 0 amide bonds. The molecule has 140 valence electrons. The number of nitrogens with zero attached hydrogens (tertiary/aromatic N) is 4. The van der Waals surface area contributed by atoms with Crippen molar-refractivity contribution >= 4 is 17.3 Å². The molecule has 0 aromatic carbocycles. The first kappa shape index (κ1) is 18.8. The fraction of sp³-hybridized carbons (Fsp3) is 0.474. The number of rotatable bonds is 8. The van der Waals surface area contributed by atoms with E-state index in [1.165, 1.54) is 5.69 Å². The molecule has 26 heavy (non-hydrogen) atoms. The average Bonchev–Trinajstić information content (AvgIpc) is 3.22. The molecule has 2 aromatic heterocycles. The van der Waals surface area contributed by atoms with Gasteiger partial charge >= 0.3 is 0 Å². The molecular weight excluding hydrogens is 346 g/mol. The van der Waals surface area contributed by atoms with Gasteiger partial charge in [-0.05, 0) is 50.6 Å². The zero-order valence-corrected chi connectivity index (χ0v) is 16.4. The van der Waals surface area contributed by atoms with Gasteiger partial charge in [0.05, 0.1) is 24.4 Å². The maximum atomic E-state index is 5.69. The van der Waals surface area contributed by atoms with Crippen LogP contribution in [0.1, 0.15) is 23.5 Å². The second-order valence-corrected chi connectivity index (χ2v) is 7.13. The highest BCUT2D eigenvalue weighted by Gasteiger charge is 2.40. The van der Waals surface area contributed by atoms with Crippen LogP contribution < -0.4 is 5.32 Å². The van der Waals surface area contributed by atoms with Crippen molar-refractivity contribution in [2.45, 2.75) is 18.6 Å². The van der Waals surface area contributed by atoms with Gasteiger partial charge in [0.15, 0.2) is 5.11 Å². The molecule has 0 saturated carbocycles. The molecule has 0 aliphatic carbocycles. The van der Waals surface area contributed by atoms with Crippen LogP contribution >= 0.6 is 12.2 Å². The van der Waals surface area contributed by atoms with Crippen LogP contribution in [0.15, 0.2) is 42.7 Å². The van der Waals surface area contributed by atoms with E-state index in [-0.39, 0.29) is 12.1 Å². The van der Waals surface area contributed by atoms with Gasteiger partial charge in [-0.15, -0.1) is 0 Å². The van der Waals surface area contributed by atoms with Crippen molar-refractivity contribution in [3.63, 3.8) is 0 Å². The van der Waals surface area contributed by atoms with Crippen molar-refractivity contribution in [3.05, 3.63) is 54.1 Å². The molecule has 6 nitrogen and oxygen atoms in total. The van der Waals surface area contributed by atoms with E-state index in [4.69, 9.17) is 17.0 Å². The number of hydrogen-bond donors (Lipinski definition) is 1. The second-order valence-electron chi connectivity index (χ2n) is 6.74. The first-order valence-electron chi connectivity index (χ1n) is 8.88. The van der Waals surface area contributed by atoms with E-state index in [0.29, 0.717) is 6.61 Å². The summed E-state index contributed by atoms with van der Waals surface area (Å²) in [6, 6.07) is 10.4. The van der Waals surface area contributed by atoms with Crippen molar-refractivity contribution in [2.24, 2.45) is 0 Å². The molecule has 0 bridgehead atoms. The molecule has 1 N–H and O–H groups in total. The van der Waals surface area contributed by atoms with E-state index in [1.807, 2.05) is 18.3 Å². The highest BCUT2D eigenvalue weighted by molar-refractivity contribution is 7.80. The zero-order valence-electron chi connectivity index (χ0n) is 15.6. The van der Waals surface area contributed by atoms with Crippen LogP contribution in [-0.2, 0) is 11.3 Å². The molecule has 2 aromatic rings.